The van der Waals surface area contributed by atoms with Gasteiger partial charge in [-0.3, -0.25) is 0 Å². The summed E-state index contributed by atoms with van der Waals surface area (Å²) in [4.78, 5) is 3.12. The molecule has 2 heterocycles. The van der Waals surface area contributed by atoms with E-state index in [1.165, 1.54) is 6.20 Å². The highest BCUT2D eigenvalue weighted by molar-refractivity contribution is 6.36. The Kier molecular flexibility index (Phi) is 1.91. The van der Waals surface area contributed by atoms with Crippen molar-refractivity contribution >= 4 is 28.2 Å². The van der Waals surface area contributed by atoms with E-state index in [0.29, 0.717) is 16.5 Å². The van der Waals surface area contributed by atoms with Crippen LogP contribution >= 0.6 is 11.6 Å². The lowest BCUT2D eigenvalue weighted by atomic mass is 10.1. The Balaban J connectivity index is 2.37. The van der Waals surface area contributed by atoms with Crippen LogP contribution in [0.2, 0.25) is 5.02 Å². The fraction of sp³-hybridized carbons (Fsp3) is 0. The van der Waals surface area contributed by atoms with E-state index in [-0.39, 0.29) is 0 Å². The lowest BCUT2D eigenvalue weighted by Crippen LogP contribution is -1.83. The number of halogens is 1. The van der Waals surface area contributed by atoms with Crippen molar-refractivity contribution in [2.24, 2.45) is 0 Å². The van der Waals surface area contributed by atoms with Crippen LogP contribution in [0.1, 0.15) is 0 Å². The molecule has 0 amide bonds. The zero-order valence-corrected chi connectivity index (χ0v) is 8.95. The maximum atomic E-state index is 6.15. The second kappa shape index (κ2) is 3.28. The van der Waals surface area contributed by atoms with Gasteiger partial charge in [0.25, 0.3) is 0 Å². The molecule has 3 rings (SSSR count). The molecule has 2 aromatic heterocycles. The molecule has 0 aliphatic carbocycles. The minimum absolute atomic E-state index is 0.501. The molecule has 5 heteroatoms. The van der Waals surface area contributed by atoms with Gasteiger partial charge in [0.1, 0.15) is 5.69 Å². The second-order valence-electron chi connectivity index (χ2n) is 3.48. The Hall–Kier alpha value is -1.94. The van der Waals surface area contributed by atoms with Gasteiger partial charge in [0.15, 0.2) is 5.76 Å². The number of nitrogen functional groups attached to an aromatic ring is 1. The Morgan fingerprint density at radius 2 is 2.25 bits per heavy atom. The van der Waals surface area contributed by atoms with Crippen LogP contribution in [0, 0.1) is 0 Å². The summed E-state index contributed by atoms with van der Waals surface area (Å²) in [6.07, 6.45) is 3.29. The third kappa shape index (κ3) is 1.20. The Labute approximate surface area is 96.0 Å². The minimum Gasteiger partial charge on any atom is -0.394 e. The average molecular weight is 234 g/mol. The monoisotopic (exact) mass is 233 g/mol. The van der Waals surface area contributed by atoms with Gasteiger partial charge in [-0.2, -0.15) is 0 Å². The van der Waals surface area contributed by atoms with Crippen molar-refractivity contribution < 1.29 is 4.52 Å². The molecule has 16 heavy (non-hydrogen) atoms. The second-order valence-corrected chi connectivity index (χ2v) is 3.88. The molecule has 0 radical (unpaired) electrons. The van der Waals surface area contributed by atoms with Gasteiger partial charge >= 0.3 is 0 Å². The van der Waals surface area contributed by atoms with Crippen LogP contribution in [0.3, 0.4) is 0 Å². The fourth-order valence-corrected chi connectivity index (χ4v) is 2.05. The highest BCUT2D eigenvalue weighted by Gasteiger charge is 2.14. The summed E-state index contributed by atoms with van der Waals surface area (Å²) < 4.78 is 5.12. The highest BCUT2D eigenvalue weighted by atomic mass is 35.5. The number of aromatic nitrogens is 2. The molecule has 0 atom stereocenters. The third-order valence-corrected chi connectivity index (χ3v) is 2.81. The quantitative estimate of drug-likeness (QED) is 0.679. The van der Waals surface area contributed by atoms with Crippen molar-refractivity contribution in [3.05, 3.63) is 35.6 Å². The number of aromatic amines is 1. The van der Waals surface area contributed by atoms with Gasteiger partial charge in [0.2, 0.25) is 0 Å². The van der Waals surface area contributed by atoms with Gasteiger partial charge in [0.05, 0.1) is 11.2 Å². The molecule has 0 bridgehead atoms. The molecular formula is C11H8ClN3O. The number of fused-ring (bicyclic) bond motifs is 1. The average Bonchev–Trinajstić information content (AvgIpc) is 2.84. The lowest BCUT2D eigenvalue weighted by Gasteiger charge is -1.97. The standard InChI is InChI=1S/C11H8ClN3O/c12-7-2-1-3-9-10(7)6(4-14-9)11-8(13)5-15-16-11/h1-5,14H,13H2. The number of hydrogen-bond donors (Lipinski definition) is 2. The van der Waals surface area contributed by atoms with E-state index < -0.39 is 0 Å². The van der Waals surface area contributed by atoms with E-state index >= 15 is 0 Å². The van der Waals surface area contributed by atoms with Crippen LogP contribution < -0.4 is 5.73 Å². The van der Waals surface area contributed by atoms with Gasteiger partial charge in [-0.25, -0.2) is 0 Å². The summed E-state index contributed by atoms with van der Waals surface area (Å²) in [7, 11) is 0. The first kappa shape index (κ1) is 9.30. The predicted molar refractivity (Wildman–Crippen MR) is 63.2 cm³/mol. The third-order valence-electron chi connectivity index (χ3n) is 2.50. The summed E-state index contributed by atoms with van der Waals surface area (Å²) in [5.74, 6) is 0.541. The number of rotatable bonds is 1. The molecule has 0 saturated heterocycles. The molecule has 3 N–H and O–H groups in total. The minimum atomic E-state index is 0.501. The fourth-order valence-electron chi connectivity index (χ4n) is 1.77. The zero-order valence-electron chi connectivity index (χ0n) is 8.20. The summed E-state index contributed by atoms with van der Waals surface area (Å²) >= 11 is 6.15. The number of H-pyrrole nitrogens is 1. The van der Waals surface area contributed by atoms with Crippen LogP contribution in [0.5, 0.6) is 0 Å². The van der Waals surface area contributed by atoms with E-state index in [1.807, 2.05) is 24.4 Å². The molecule has 1 aromatic carbocycles. The Morgan fingerprint density at radius 3 is 3.00 bits per heavy atom. The molecular weight excluding hydrogens is 226 g/mol. The van der Waals surface area contributed by atoms with E-state index in [9.17, 15) is 0 Å². The van der Waals surface area contributed by atoms with Gasteiger partial charge in [0, 0.05) is 22.7 Å². The molecule has 0 aliphatic heterocycles. The Morgan fingerprint density at radius 1 is 1.38 bits per heavy atom. The normalized spacial score (nSPS) is 11.1. The van der Waals surface area contributed by atoms with E-state index in [0.717, 1.165) is 16.5 Å². The van der Waals surface area contributed by atoms with E-state index in [4.69, 9.17) is 21.9 Å². The van der Waals surface area contributed by atoms with Gasteiger partial charge in [-0.15, -0.1) is 0 Å². The van der Waals surface area contributed by atoms with Crippen molar-refractivity contribution in [1.29, 1.82) is 0 Å². The highest BCUT2D eigenvalue weighted by Crippen LogP contribution is 2.35. The molecule has 0 unspecified atom stereocenters. The number of hydrogen-bond acceptors (Lipinski definition) is 3. The van der Waals surface area contributed by atoms with Gasteiger partial charge < -0.3 is 15.2 Å². The summed E-state index contributed by atoms with van der Waals surface area (Å²) in [6, 6.07) is 5.65. The van der Waals surface area contributed by atoms with E-state index in [1.54, 1.807) is 0 Å². The molecule has 4 nitrogen and oxygen atoms in total. The van der Waals surface area contributed by atoms with Gasteiger partial charge in [-0.05, 0) is 12.1 Å². The Bertz CT molecular complexity index is 656. The van der Waals surface area contributed by atoms with Crippen molar-refractivity contribution in [3.8, 4) is 11.3 Å². The smallest absolute Gasteiger partial charge is 0.191 e. The molecule has 80 valence electrons. The number of nitrogens with one attached hydrogen (secondary N) is 1. The molecule has 3 aromatic rings. The molecule has 0 fully saturated rings. The summed E-state index contributed by atoms with van der Waals surface area (Å²) in [5.41, 5.74) is 8.03. The maximum Gasteiger partial charge on any atom is 0.191 e. The molecule has 0 aliphatic rings. The number of nitrogens with two attached hydrogens (primary N) is 1. The SMILES string of the molecule is Nc1cnoc1-c1c[nH]c2cccc(Cl)c12. The zero-order chi connectivity index (χ0) is 11.1. The van der Waals surface area contributed by atoms with Crippen molar-refractivity contribution in [2.75, 3.05) is 5.73 Å². The van der Waals surface area contributed by atoms with Crippen molar-refractivity contribution in [2.45, 2.75) is 0 Å². The first-order valence-corrected chi connectivity index (χ1v) is 5.11. The maximum absolute atomic E-state index is 6.15. The molecule has 0 spiro atoms. The number of nitrogens with zero attached hydrogens (tertiary/aromatic N) is 1. The number of anilines is 1. The van der Waals surface area contributed by atoms with Crippen LogP contribution in [0.4, 0.5) is 5.69 Å². The van der Waals surface area contributed by atoms with Gasteiger partial charge in [-0.1, -0.05) is 22.8 Å². The summed E-state index contributed by atoms with van der Waals surface area (Å²) in [6.45, 7) is 0. The van der Waals surface area contributed by atoms with Crippen LogP contribution in [0.25, 0.3) is 22.2 Å². The first-order valence-electron chi connectivity index (χ1n) is 4.73. The predicted octanol–water partition coefficient (Wildman–Crippen LogP) is 3.06. The van der Waals surface area contributed by atoms with Crippen LogP contribution in [0.15, 0.2) is 35.1 Å². The number of benzene rings is 1. The van der Waals surface area contributed by atoms with Crippen LogP contribution in [-0.2, 0) is 0 Å². The van der Waals surface area contributed by atoms with Crippen LogP contribution in [-0.4, -0.2) is 10.1 Å². The lowest BCUT2D eigenvalue weighted by molar-refractivity contribution is 0.433. The van der Waals surface area contributed by atoms with E-state index in [2.05, 4.69) is 10.1 Å². The van der Waals surface area contributed by atoms with Crippen molar-refractivity contribution in [1.82, 2.24) is 10.1 Å². The largest absolute Gasteiger partial charge is 0.394 e. The van der Waals surface area contributed by atoms with Crippen molar-refractivity contribution in [3.63, 3.8) is 0 Å². The molecule has 0 saturated carbocycles. The summed E-state index contributed by atoms with van der Waals surface area (Å²) in [5, 5.41) is 5.21. The first-order chi connectivity index (χ1) is 7.77. The topological polar surface area (TPSA) is 67.8 Å².